The van der Waals surface area contributed by atoms with E-state index in [-0.39, 0.29) is 0 Å². The summed E-state index contributed by atoms with van der Waals surface area (Å²) in [6.07, 6.45) is 7.40. The fourth-order valence-electron chi connectivity index (χ4n) is 3.85. The second-order valence-corrected chi connectivity index (χ2v) is 8.02. The molecular formula is C22H27N7O. The van der Waals surface area contributed by atoms with E-state index < -0.39 is 5.60 Å². The maximum Gasteiger partial charge on any atom is 0.129 e. The number of hydrogen-bond acceptors (Lipinski definition) is 6. The Morgan fingerprint density at radius 3 is 2.93 bits per heavy atom. The van der Waals surface area contributed by atoms with Gasteiger partial charge in [0.2, 0.25) is 0 Å². The van der Waals surface area contributed by atoms with Crippen molar-refractivity contribution in [2.45, 2.75) is 25.4 Å². The van der Waals surface area contributed by atoms with Gasteiger partial charge in [-0.3, -0.25) is 14.8 Å². The van der Waals surface area contributed by atoms with Crippen molar-refractivity contribution in [2.75, 3.05) is 25.0 Å². The maximum atomic E-state index is 10.5. The quantitative estimate of drug-likeness (QED) is 0.628. The molecule has 30 heavy (non-hydrogen) atoms. The van der Waals surface area contributed by atoms with Crippen molar-refractivity contribution in [1.29, 1.82) is 0 Å². The van der Waals surface area contributed by atoms with Gasteiger partial charge in [-0.1, -0.05) is 12.6 Å². The molecule has 0 amide bonds. The minimum absolute atomic E-state index is 0.567. The highest BCUT2D eigenvalue weighted by molar-refractivity contribution is 6.20. The molecule has 0 radical (unpaired) electrons. The van der Waals surface area contributed by atoms with E-state index in [4.69, 9.17) is 4.98 Å². The fraction of sp³-hybridized carbons (Fsp3) is 0.364. The van der Waals surface area contributed by atoms with Crippen LogP contribution in [-0.2, 0) is 7.05 Å². The number of hydrogen-bond donors (Lipinski definition) is 2. The third-order valence-electron chi connectivity index (χ3n) is 5.38. The van der Waals surface area contributed by atoms with E-state index >= 15 is 0 Å². The number of nitrogens with zero attached hydrogens (tertiary/aromatic N) is 6. The lowest BCUT2D eigenvalue weighted by molar-refractivity contribution is 0.0447. The Morgan fingerprint density at radius 2 is 2.23 bits per heavy atom. The maximum absolute atomic E-state index is 10.5. The van der Waals surface area contributed by atoms with Crippen molar-refractivity contribution in [3.8, 4) is 11.4 Å². The van der Waals surface area contributed by atoms with Gasteiger partial charge >= 0.3 is 0 Å². The van der Waals surface area contributed by atoms with Gasteiger partial charge < -0.3 is 10.0 Å². The van der Waals surface area contributed by atoms with Crippen molar-refractivity contribution >= 4 is 24.2 Å². The van der Waals surface area contributed by atoms with Crippen LogP contribution in [0.2, 0.25) is 0 Å². The van der Waals surface area contributed by atoms with Crippen LogP contribution in [0.25, 0.3) is 24.0 Å². The first-order valence-electron chi connectivity index (χ1n) is 10.0. The SMILES string of the molecule is C=c1[nH]nc(-c2cccc(N3CCC[C@@](C)(O)C3)n2)/c1=C/C(=N\C)c1cnn(C)c1. The van der Waals surface area contributed by atoms with E-state index in [0.717, 1.165) is 53.1 Å². The van der Waals surface area contributed by atoms with E-state index in [9.17, 15) is 5.11 Å². The van der Waals surface area contributed by atoms with Crippen LogP contribution in [0.1, 0.15) is 25.3 Å². The molecule has 0 spiro atoms. The molecule has 4 rings (SSSR count). The lowest BCUT2D eigenvalue weighted by Gasteiger charge is -2.37. The summed E-state index contributed by atoms with van der Waals surface area (Å²) < 4.78 is 1.74. The van der Waals surface area contributed by atoms with E-state index in [1.54, 1.807) is 17.9 Å². The summed E-state index contributed by atoms with van der Waals surface area (Å²) in [5, 5.41) is 23.7. The number of aryl methyl sites for hydroxylation is 1. The van der Waals surface area contributed by atoms with Crippen LogP contribution in [-0.4, -0.2) is 61.5 Å². The van der Waals surface area contributed by atoms with Gasteiger partial charge in [-0.2, -0.15) is 10.2 Å². The molecule has 0 saturated carbocycles. The predicted octanol–water partition coefficient (Wildman–Crippen LogP) is 0.866. The van der Waals surface area contributed by atoms with Gasteiger partial charge in [0.1, 0.15) is 11.5 Å². The first kappa shape index (κ1) is 20.0. The second kappa shape index (κ2) is 7.87. The summed E-state index contributed by atoms with van der Waals surface area (Å²) in [4.78, 5) is 11.4. The molecule has 4 heterocycles. The number of aromatic nitrogens is 5. The molecule has 2 N–H and O–H groups in total. The number of aliphatic imine (C=N–C) groups is 1. The average molecular weight is 406 g/mol. The van der Waals surface area contributed by atoms with Crippen LogP contribution >= 0.6 is 0 Å². The summed E-state index contributed by atoms with van der Waals surface area (Å²) in [5.74, 6) is 0.837. The molecule has 1 atom stereocenters. The number of pyridine rings is 1. The average Bonchev–Trinajstić information content (AvgIpc) is 3.31. The molecule has 1 aliphatic rings. The monoisotopic (exact) mass is 405 g/mol. The zero-order valence-corrected chi connectivity index (χ0v) is 17.6. The van der Waals surface area contributed by atoms with Crippen LogP contribution in [0.5, 0.6) is 0 Å². The van der Waals surface area contributed by atoms with Crippen molar-refractivity contribution in [3.05, 3.63) is 46.7 Å². The molecule has 3 aromatic rings. The normalized spacial score (nSPS) is 20.7. The van der Waals surface area contributed by atoms with Crippen LogP contribution < -0.4 is 15.5 Å². The van der Waals surface area contributed by atoms with Gasteiger partial charge in [-0.15, -0.1) is 0 Å². The molecule has 3 aromatic heterocycles. The Morgan fingerprint density at radius 1 is 1.40 bits per heavy atom. The lowest BCUT2D eigenvalue weighted by Crippen LogP contribution is -2.46. The van der Waals surface area contributed by atoms with Gasteiger partial charge in [0.15, 0.2) is 0 Å². The summed E-state index contributed by atoms with van der Waals surface area (Å²) in [6, 6.07) is 5.88. The highest BCUT2D eigenvalue weighted by atomic mass is 16.3. The van der Waals surface area contributed by atoms with E-state index in [1.165, 1.54) is 0 Å². The molecule has 0 aliphatic carbocycles. The predicted molar refractivity (Wildman–Crippen MR) is 119 cm³/mol. The van der Waals surface area contributed by atoms with Gasteiger partial charge in [0.05, 0.1) is 28.6 Å². The third-order valence-corrected chi connectivity index (χ3v) is 5.38. The van der Waals surface area contributed by atoms with Crippen LogP contribution in [0.4, 0.5) is 5.82 Å². The number of β-amino-alcohol motifs (C(OH)–C–C–N with tert-alkyl or cyclic N) is 1. The first-order valence-corrected chi connectivity index (χ1v) is 10.0. The summed E-state index contributed by atoms with van der Waals surface area (Å²) in [7, 11) is 3.63. The van der Waals surface area contributed by atoms with Crippen molar-refractivity contribution in [2.24, 2.45) is 12.0 Å². The Balaban J connectivity index is 1.74. The number of piperidine rings is 1. The fourth-order valence-corrected chi connectivity index (χ4v) is 3.85. The number of H-pyrrole nitrogens is 1. The standard InChI is InChI=1S/C22H27N7O/c1-15-17(11-19(23-3)16-12-24-28(4)13-16)21(27-26-15)18-7-5-8-20(25-18)29-10-6-9-22(2,30)14-29/h5,7-8,11-13,26,30H,1,6,9-10,14H2,2-4H3/b17-11+,23-19+/t22-/m1/s1. The van der Waals surface area contributed by atoms with Gasteiger partial charge in [-0.25, -0.2) is 4.98 Å². The van der Waals surface area contributed by atoms with Gasteiger partial charge in [0.25, 0.3) is 0 Å². The summed E-state index contributed by atoms with van der Waals surface area (Å²) in [6.45, 7) is 7.41. The lowest BCUT2D eigenvalue weighted by atomic mass is 9.95. The number of rotatable bonds is 4. The topological polar surface area (TPSA) is 95.2 Å². The molecule has 8 heteroatoms. The smallest absolute Gasteiger partial charge is 0.129 e. The van der Waals surface area contributed by atoms with Crippen LogP contribution in [0, 0.1) is 0 Å². The highest BCUT2D eigenvalue weighted by Crippen LogP contribution is 2.25. The summed E-state index contributed by atoms with van der Waals surface area (Å²) in [5.41, 5.74) is 2.48. The van der Waals surface area contributed by atoms with Gasteiger partial charge in [-0.05, 0) is 38.0 Å². The zero-order valence-electron chi connectivity index (χ0n) is 17.6. The number of aromatic amines is 1. The number of anilines is 1. The molecule has 0 unspecified atom stereocenters. The zero-order chi connectivity index (χ0) is 21.3. The molecule has 156 valence electrons. The third kappa shape index (κ3) is 4.04. The minimum Gasteiger partial charge on any atom is -0.388 e. The molecule has 1 fully saturated rings. The van der Waals surface area contributed by atoms with E-state index in [2.05, 4.69) is 31.8 Å². The van der Waals surface area contributed by atoms with E-state index in [1.807, 2.05) is 44.4 Å². The Labute approximate surface area is 175 Å². The number of aliphatic hydroxyl groups is 1. The molecule has 0 aromatic carbocycles. The van der Waals surface area contributed by atoms with Crippen molar-refractivity contribution in [1.82, 2.24) is 25.0 Å². The van der Waals surface area contributed by atoms with Crippen LogP contribution in [0.3, 0.4) is 0 Å². The van der Waals surface area contributed by atoms with Crippen LogP contribution in [0.15, 0.2) is 35.6 Å². The first-order chi connectivity index (χ1) is 14.4. The van der Waals surface area contributed by atoms with Crippen molar-refractivity contribution in [3.63, 3.8) is 0 Å². The Hall–Kier alpha value is -3.26. The Bertz CT molecular complexity index is 1190. The molecule has 0 bridgehead atoms. The molecule has 8 nitrogen and oxygen atoms in total. The van der Waals surface area contributed by atoms with E-state index in [0.29, 0.717) is 11.9 Å². The molecule has 1 aliphatic heterocycles. The Kier molecular flexibility index (Phi) is 5.26. The second-order valence-electron chi connectivity index (χ2n) is 8.02. The summed E-state index contributed by atoms with van der Waals surface area (Å²) >= 11 is 0. The van der Waals surface area contributed by atoms with Gasteiger partial charge in [0, 0.05) is 44.2 Å². The largest absolute Gasteiger partial charge is 0.388 e. The minimum atomic E-state index is -0.697. The number of nitrogens with one attached hydrogen (secondary N) is 1. The van der Waals surface area contributed by atoms with Crippen molar-refractivity contribution < 1.29 is 5.11 Å². The highest BCUT2D eigenvalue weighted by Gasteiger charge is 2.29. The molecular weight excluding hydrogens is 378 g/mol. The molecule has 1 saturated heterocycles.